The highest BCUT2D eigenvalue weighted by atomic mass is 32.1. The monoisotopic (exact) mass is 438 g/mol. The van der Waals surface area contributed by atoms with Gasteiger partial charge in [-0.1, -0.05) is 6.92 Å². The van der Waals surface area contributed by atoms with E-state index in [2.05, 4.69) is 45.0 Å². The predicted molar refractivity (Wildman–Crippen MR) is 124 cm³/mol. The van der Waals surface area contributed by atoms with Crippen LogP contribution in [0.3, 0.4) is 0 Å². The van der Waals surface area contributed by atoms with Gasteiger partial charge in [-0.05, 0) is 48.9 Å². The van der Waals surface area contributed by atoms with Gasteiger partial charge in [-0.3, -0.25) is 0 Å². The van der Waals surface area contributed by atoms with Gasteiger partial charge >= 0.3 is 0 Å². The average Bonchev–Trinajstić information content (AvgIpc) is 3.41. The number of nitrogens with one attached hydrogen (secondary N) is 1. The Morgan fingerprint density at radius 1 is 1.06 bits per heavy atom. The number of anilines is 1. The molecule has 160 valence electrons. The number of aromatic nitrogens is 2. The Morgan fingerprint density at radius 2 is 1.87 bits per heavy atom. The Morgan fingerprint density at radius 3 is 2.65 bits per heavy atom. The molecule has 4 heterocycles. The van der Waals surface area contributed by atoms with E-state index >= 15 is 0 Å². The molecule has 0 spiro atoms. The van der Waals surface area contributed by atoms with Crippen LogP contribution in [0.2, 0.25) is 0 Å². The van der Waals surface area contributed by atoms with Crippen LogP contribution < -0.4 is 4.90 Å². The van der Waals surface area contributed by atoms with Gasteiger partial charge in [-0.2, -0.15) is 0 Å². The highest BCUT2D eigenvalue weighted by Gasteiger charge is 2.18. The fourth-order valence-electron chi connectivity index (χ4n) is 4.24. The molecule has 1 fully saturated rings. The van der Waals surface area contributed by atoms with Crippen molar-refractivity contribution < 1.29 is 8.78 Å². The first-order valence-corrected chi connectivity index (χ1v) is 11.3. The predicted octanol–water partition coefficient (Wildman–Crippen LogP) is 5.55. The molecule has 31 heavy (non-hydrogen) atoms. The van der Waals surface area contributed by atoms with Gasteiger partial charge in [0.05, 0.1) is 5.00 Å². The van der Waals surface area contributed by atoms with E-state index in [1.165, 1.54) is 11.1 Å². The summed E-state index contributed by atoms with van der Waals surface area (Å²) in [7, 11) is 2.15. The first-order chi connectivity index (χ1) is 15.0. The summed E-state index contributed by atoms with van der Waals surface area (Å²) in [5.74, 6) is -1.08. The third-order valence-electron chi connectivity index (χ3n) is 6.03. The van der Waals surface area contributed by atoms with Crippen LogP contribution in [-0.2, 0) is 6.42 Å². The Kier molecular flexibility index (Phi) is 5.24. The molecule has 7 heteroatoms. The van der Waals surface area contributed by atoms with E-state index in [1.807, 2.05) is 13.1 Å². The van der Waals surface area contributed by atoms with Crippen LogP contribution in [0, 0.1) is 11.6 Å². The second-order valence-corrected chi connectivity index (χ2v) is 9.08. The van der Waals surface area contributed by atoms with Gasteiger partial charge in [0.2, 0.25) is 0 Å². The first kappa shape index (κ1) is 20.2. The van der Waals surface area contributed by atoms with Gasteiger partial charge in [0, 0.05) is 66.0 Å². The number of likely N-dealkylation sites (N-methyl/N-ethyl adjacent to an activating group) is 1. The van der Waals surface area contributed by atoms with Crippen molar-refractivity contribution in [1.29, 1.82) is 0 Å². The quantitative estimate of drug-likeness (QED) is 0.454. The van der Waals surface area contributed by atoms with Crippen molar-refractivity contribution in [2.45, 2.75) is 13.3 Å². The van der Waals surface area contributed by atoms with Crippen molar-refractivity contribution in [2.75, 3.05) is 38.1 Å². The van der Waals surface area contributed by atoms with E-state index in [0.29, 0.717) is 23.2 Å². The van der Waals surface area contributed by atoms with Crippen molar-refractivity contribution in [3.8, 4) is 21.6 Å². The molecule has 1 aliphatic rings. The number of H-pyrrole nitrogens is 1. The van der Waals surface area contributed by atoms with Gasteiger partial charge in [-0.25, -0.2) is 13.8 Å². The van der Waals surface area contributed by atoms with Crippen molar-refractivity contribution in [1.82, 2.24) is 14.9 Å². The van der Waals surface area contributed by atoms with Crippen LogP contribution in [0.1, 0.15) is 12.5 Å². The highest BCUT2D eigenvalue weighted by molar-refractivity contribution is 7.19. The smallest absolute Gasteiger partial charge is 0.137 e. The number of hydrogen-bond donors (Lipinski definition) is 1. The van der Waals surface area contributed by atoms with Crippen molar-refractivity contribution in [3.63, 3.8) is 0 Å². The number of halogens is 2. The molecule has 0 unspecified atom stereocenters. The Hall–Kier alpha value is -2.77. The molecule has 0 bridgehead atoms. The zero-order valence-corrected chi connectivity index (χ0v) is 18.4. The largest absolute Gasteiger partial charge is 0.361 e. The topological polar surface area (TPSA) is 35.2 Å². The summed E-state index contributed by atoms with van der Waals surface area (Å²) in [4.78, 5) is 13.6. The normalized spacial score (nSPS) is 15.2. The molecule has 1 aliphatic heterocycles. The minimum Gasteiger partial charge on any atom is -0.361 e. The molecule has 0 radical (unpaired) electrons. The SMILES string of the molecule is CCc1c(F)cc(F)cc1-c1c[nH]c2ncc(-c3ccc(N4CCN(C)CC4)s3)cc12. The lowest BCUT2D eigenvalue weighted by molar-refractivity contribution is 0.313. The summed E-state index contributed by atoms with van der Waals surface area (Å²) in [6, 6.07) is 8.73. The highest BCUT2D eigenvalue weighted by Crippen LogP contribution is 2.38. The summed E-state index contributed by atoms with van der Waals surface area (Å²) in [6.45, 7) is 6.07. The number of nitrogens with zero attached hydrogens (tertiary/aromatic N) is 3. The molecule has 0 amide bonds. The molecule has 1 saturated heterocycles. The fraction of sp³-hybridized carbons (Fsp3) is 0.292. The van der Waals surface area contributed by atoms with E-state index < -0.39 is 11.6 Å². The molecular formula is C24H24F2N4S. The van der Waals surface area contributed by atoms with Crippen LogP contribution in [0.5, 0.6) is 0 Å². The maximum atomic E-state index is 14.4. The minimum absolute atomic E-state index is 0.487. The number of benzene rings is 1. The summed E-state index contributed by atoms with van der Waals surface area (Å²) >= 11 is 1.76. The molecule has 1 aromatic carbocycles. The number of hydrogen-bond acceptors (Lipinski definition) is 4. The van der Waals surface area contributed by atoms with Crippen molar-refractivity contribution >= 4 is 27.4 Å². The Bertz CT molecular complexity index is 1240. The maximum absolute atomic E-state index is 14.4. The molecule has 0 saturated carbocycles. The second-order valence-electron chi connectivity index (χ2n) is 8.02. The number of thiophene rings is 1. The number of aromatic amines is 1. The van der Waals surface area contributed by atoms with Gasteiger partial charge in [-0.15, -0.1) is 11.3 Å². The molecule has 1 N–H and O–H groups in total. The molecule has 5 rings (SSSR count). The van der Waals surface area contributed by atoms with Gasteiger partial charge in [0.15, 0.2) is 0 Å². The minimum atomic E-state index is -0.571. The number of pyridine rings is 1. The van der Waals surface area contributed by atoms with E-state index in [0.717, 1.165) is 53.6 Å². The van der Waals surface area contributed by atoms with Gasteiger partial charge in [0.1, 0.15) is 17.3 Å². The molecule has 0 aliphatic carbocycles. The standard InChI is InChI=1S/C24H24F2N4S/c1-3-17-18(11-16(25)12-21(17)26)20-14-28-24-19(20)10-15(13-27-24)22-4-5-23(31-22)30-8-6-29(2)7-9-30/h4-5,10-14H,3,6-9H2,1-2H3,(H,27,28). The Labute approximate surface area is 184 Å². The lowest BCUT2D eigenvalue weighted by atomic mass is 9.97. The number of rotatable bonds is 4. The summed E-state index contributed by atoms with van der Waals surface area (Å²) < 4.78 is 28.4. The molecular weight excluding hydrogens is 414 g/mol. The van der Waals surface area contributed by atoms with Crippen LogP contribution >= 0.6 is 11.3 Å². The molecule has 4 nitrogen and oxygen atoms in total. The molecule has 0 atom stereocenters. The number of piperazine rings is 1. The molecule has 3 aromatic heterocycles. The van der Waals surface area contributed by atoms with E-state index in [4.69, 9.17) is 0 Å². The van der Waals surface area contributed by atoms with Crippen LogP contribution in [0.4, 0.5) is 13.8 Å². The third-order valence-corrected chi connectivity index (χ3v) is 7.22. The average molecular weight is 439 g/mol. The third kappa shape index (κ3) is 3.72. The lowest BCUT2D eigenvalue weighted by Crippen LogP contribution is -2.44. The molecule has 4 aromatic rings. The van der Waals surface area contributed by atoms with Crippen LogP contribution in [0.25, 0.3) is 32.6 Å². The summed E-state index contributed by atoms with van der Waals surface area (Å²) in [6.07, 6.45) is 4.13. The van der Waals surface area contributed by atoms with E-state index in [9.17, 15) is 8.78 Å². The maximum Gasteiger partial charge on any atom is 0.137 e. The van der Waals surface area contributed by atoms with Crippen molar-refractivity contribution in [2.24, 2.45) is 0 Å². The second kappa shape index (κ2) is 8.05. The fourth-order valence-corrected chi connectivity index (χ4v) is 5.28. The zero-order valence-electron chi connectivity index (χ0n) is 17.6. The summed E-state index contributed by atoms with van der Waals surface area (Å²) in [5.41, 5.74) is 3.58. The zero-order chi connectivity index (χ0) is 21.5. The van der Waals surface area contributed by atoms with E-state index in [1.54, 1.807) is 17.5 Å². The first-order valence-electron chi connectivity index (χ1n) is 10.5. The van der Waals surface area contributed by atoms with Crippen molar-refractivity contribution in [3.05, 3.63) is 59.9 Å². The van der Waals surface area contributed by atoms with Gasteiger partial charge in [0.25, 0.3) is 0 Å². The summed E-state index contributed by atoms with van der Waals surface area (Å²) in [5, 5.41) is 2.13. The number of fused-ring (bicyclic) bond motifs is 1. The Balaban J connectivity index is 1.54. The van der Waals surface area contributed by atoms with Gasteiger partial charge < -0.3 is 14.8 Å². The van der Waals surface area contributed by atoms with Crippen LogP contribution in [0.15, 0.2) is 42.7 Å². The van der Waals surface area contributed by atoms with Crippen LogP contribution in [-0.4, -0.2) is 48.1 Å². The lowest BCUT2D eigenvalue weighted by Gasteiger charge is -2.32. The van der Waals surface area contributed by atoms with E-state index in [-0.39, 0.29) is 0 Å².